The Labute approximate surface area is 122 Å². The highest BCUT2D eigenvalue weighted by molar-refractivity contribution is 5.16. The van der Waals surface area contributed by atoms with Gasteiger partial charge in [0, 0.05) is 12.1 Å². The third-order valence-corrected chi connectivity index (χ3v) is 2.80. The first-order valence-corrected chi connectivity index (χ1v) is 7.17. The topological polar surface area (TPSA) is 52.0 Å². The molecule has 0 amide bonds. The van der Waals surface area contributed by atoms with Gasteiger partial charge in [0.1, 0.15) is 0 Å². The van der Waals surface area contributed by atoms with Gasteiger partial charge in [-0.3, -0.25) is 0 Å². The van der Waals surface area contributed by atoms with Crippen molar-refractivity contribution >= 4 is 0 Å². The van der Waals surface area contributed by atoms with Crippen molar-refractivity contribution in [2.45, 2.75) is 38.8 Å². The lowest BCUT2D eigenvalue weighted by Crippen LogP contribution is -2.17. The maximum absolute atomic E-state index is 5.62. The van der Waals surface area contributed by atoms with Crippen LogP contribution in [0.4, 0.5) is 0 Å². The molecule has 108 valence electrons. The summed E-state index contributed by atoms with van der Waals surface area (Å²) in [6.07, 6.45) is 1.95. The SMILES string of the molecule is CC(N)Cc1ccccc1.CC(N)Cc1ccccc1. The van der Waals surface area contributed by atoms with Crippen molar-refractivity contribution in [3.8, 4) is 0 Å². The van der Waals surface area contributed by atoms with Gasteiger partial charge in [-0.05, 0) is 37.8 Å². The first-order valence-electron chi connectivity index (χ1n) is 7.17. The summed E-state index contributed by atoms with van der Waals surface area (Å²) in [5, 5.41) is 0. The highest BCUT2D eigenvalue weighted by atomic mass is 14.6. The fourth-order valence-electron chi connectivity index (χ4n) is 1.97. The zero-order chi connectivity index (χ0) is 14.8. The molecule has 2 atom stereocenters. The van der Waals surface area contributed by atoms with Crippen LogP contribution < -0.4 is 11.5 Å². The van der Waals surface area contributed by atoms with Gasteiger partial charge in [0.15, 0.2) is 0 Å². The summed E-state index contributed by atoms with van der Waals surface area (Å²) in [6, 6.07) is 21.1. The first kappa shape index (κ1) is 16.4. The van der Waals surface area contributed by atoms with Gasteiger partial charge in [-0.25, -0.2) is 0 Å². The molecule has 0 radical (unpaired) electrons. The van der Waals surface area contributed by atoms with E-state index in [1.807, 2.05) is 50.2 Å². The lowest BCUT2D eigenvalue weighted by Gasteiger charge is -2.02. The molecule has 0 bridgehead atoms. The van der Waals surface area contributed by atoms with Crippen LogP contribution in [0.5, 0.6) is 0 Å². The van der Waals surface area contributed by atoms with Crippen molar-refractivity contribution in [2.24, 2.45) is 11.5 Å². The maximum atomic E-state index is 5.62. The minimum Gasteiger partial charge on any atom is -0.328 e. The van der Waals surface area contributed by atoms with Crippen LogP contribution in [0.15, 0.2) is 60.7 Å². The van der Waals surface area contributed by atoms with Crippen molar-refractivity contribution in [3.05, 3.63) is 71.8 Å². The molecule has 2 nitrogen and oxygen atoms in total. The Bertz CT molecular complexity index is 404. The molecular weight excluding hydrogens is 244 g/mol. The normalized spacial score (nSPS) is 13.0. The van der Waals surface area contributed by atoms with Gasteiger partial charge in [-0.1, -0.05) is 60.7 Å². The molecule has 20 heavy (non-hydrogen) atoms. The van der Waals surface area contributed by atoms with E-state index in [-0.39, 0.29) is 12.1 Å². The molecule has 2 rings (SSSR count). The molecule has 4 N–H and O–H groups in total. The monoisotopic (exact) mass is 270 g/mol. The highest BCUT2D eigenvalue weighted by Gasteiger charge is 1.95. The van der Waals surface area contributed by atoms with Gasteiger partial charge in [0.2, 0.25) is 0 Å². The summed E-state index contributed by atoms with van der Waals surface area (Å²) in [4.78, 5) is 0. The van der Waals surface area contributed by atoms with Crippen LogP contribution in [-0.4, -0.2) is 12.1 Å². The van der Waals surface area contributed by atoms with Gasteiger partial charge in [0.25, 0.3) is 0 Å². The van der Waals surface area contributed by atoms with Crippen molar-refractivity contribution < 1.29 is 0 Å². The second kappa shape index (κ2) is 9.29. The van der Waals surface area contributed by atoms with E-state index in [0.717, 1.165) is 12.8 Å². The summed E-state index contributed by atoms with van der Waals surface area (Å²) in [5.74, 6) is 0. The maximum Gasteiger partial charge on any atom is 0.00509 e. The molecule has 0 aromatic heterocycles. The number of benzene rings is 2. The Morgan fingerprint density at radius 1 is 0.650 bits per heavy atom. The number of hydrogen-bond donors (Lipinski definition) is 2. The molecule has 0 aliphatic carbocycles. The van der Waals surface area contributed by atoms with Gasteiger partial charge < -0.3 is 11.5 Å². The molecule has 2 heteroatoms. The molecule has 0 heterocycles. The molecule has 0 saturated carbocycles. The molecule has 0 aliphatic rings. The molecule has 0 aliphatic heterocycles. The van der Waals surface area contributed by atoms with Crippen LogP contribution in [0.2, 0.25) is 0 Å². The largest absolute Gasteiger partial charge is 0.328 e. The van der Waals surface area contributed by atoms with Crippen LogP contribution in [0.1, 0.15) is 25.0 Å². The van der Waals surface area contributed by atoms with Crippen LogP contribution in [0.3, 0.4) is 0 Å². The average Bonchev–Trinajstić information content (AvgIpc) is 2.40. The Hall–Kier alpha value is -1.64. The van der Waals surface area contributed by atoms with Crippen LogP contribution >= 0.6 is 0 Å². The fraction of sp³-hybridized carbons (Fsp3) is 0.333. The van der Waals surface area contributed by atoms with Gasteiger partial charge in [-0.2, -0.15) is 0 Å². The second-order valence-electron chi connectivity index (χ2n) is 5.33. The molecule has 0 spiro atoms. The first-order chi connectivity index (χ1) is 9.58. The predicted octanol–water partition coefficient (Wildman–Crippen LogP) is 3.15. The molecule has 0 saturated heterocycles. The zero-order valence-electron chi connectivity index (χ0n) is 12.5. The molecular formula is C18H26N2. The predicted molar refractivity (Wildman–Crippen MR) is 87.6 cm³/mol. The van der Waals surface area contributed by atoms with E-state index in [4.69, 9.17) is 11.5 Å². The summed E-state index contributed by atoms with van der Waals surface area (Å²) in [6.45, 7) is 4.04. The van der Waals surface area contributed by atoms with E-state index < -0.39 is 0 Å². The molecule has 2 aromatic rings. The van der Waals surface area contributed by atoms with Crippen molar-refractivity contribution in [1.82, 2.24) is 0 Å². The summed E-state index contributed by atoms with van der Waals surface area (Å²) in [5.41, 5.74) is 13.9. The summed E-state index contributed by atoms with van der Waals surface area (Å²) >= 11 is 0. The van der Waals surface area contributed by atoms with Crippen LogP contribution in [0.25, 0.3) is 0 Å². The van der Waals surface area contributed by atoms with E-state index in [2.05, 4.69) is 24.3 Å². The third kappa shape index (κ3) is 7.72. The summed E-state index contributed by atoms with van der Waals surface area (Å²) in [7, 11) is 0. The van der Waals surface area contributed by atoms with Gasteiger partial charge >= 0.3 is 0 Å². The van der Waals surface area contributed by atoms with Crippen molar-refractivity contribution in [3.63, 3.8) is 0 Å². The zero-order valence-corrected chi connectivity index (χ0v) is 12.5. The minimum absolute atomic E-state index is 0.266. The summed E-state index contributed by atoms with van der Waals surface area (Å²) < 4.78 is 0. The van der Waals surface area contributed by atoms with Crippen molar-refractivity contribution in [2.75, 3.05) is 0 Å². The second-order valence-corrected chi connectivity index (χ2v) is 5.33. The van der Waals surface area contributed by atoms with Gasteiger partial charge in [0.05, 0.1) is 0 Å². The molecule has 2 unspecified atom stereocenters. The Morgan fingerprint density at radius 3 is 1.20 bits per heavy atom. The Balaban J connectivity index is 0.000000200. The number of nitrogens with two attached hydrogens (primary N) is 2. The minimum atomic E-state index is 0.266. The van der Waals surface area contributed by atoms with E-state index in [0.29, 0.717) is 0 Å². The average molecular weight is 270 g/mol. The number of hydrogen-bond acceptors (Lipinski definition) is 2. The molecule has 2 aromatic carbocycles. The van der Waals surface area contributed by atoms with E-state index in [1.165, 1.54) is 11.1 Å². The standard InChI is InChI=1S/2C9H13N/c2*1-8(10)7-9-5-3-2-4-6-9/h2*2-6,8H,7,10H2,1H3. The van der Waals surface area contributed by atoms with E-state index in [9.17, 15) is 0 Å². The van der Waals surface area contributed by atoms with Gasteiger partial charge in [-0.15, -0.1) is 0 Å². The molecule has 0 fully saturated rings. The lowest BCUT2D eigenvalue weighted by atomic mass is 10.1. The van der Waals surface area contributed by atoms with E-state index in [1.54, 1.807) is 0 Å². The Morgan fingerprint density at radius 2 is 0.950 bits per heavy atom. The lowest BCUT2D eigenvalue weighted by molar-refractivity contribution is 0.738. The van der Waals surface area contributed by atoms with Crippen LogP contribution in [0, 0.1) is 0 Å². The quantitative estimate of drug-likeness (QED) is 0.896. The highest BCUT2D eigenvalue weighted by Crippen LogP contribution is 2.01. The Kier molecular flexibility index (Phi) is 7.63. The third-order valence-electron chi connectivity index (χ3n) is 2.80. The number of rotatable bonds is 4. The smallest absolute Gasteiger partial charge is 0.00509 e. The van der Waals surface area contributed by atoms with Crippen molar-refractivity contribution in [1.29, 1.82) is 0 Å². The fourth-order valence-corrected chi connectivity index (χ4v) is 1.97. The van der Waals surface area contributed by atoms with Crippen LogP contribution in [-0.2, 0) is 12.8 Å². The van der Waals surface area contributed by atoms with E-state index >= 15 is 0 Å².